The normalized spacial score (nSPS) is 11.3. The van der Waals surface area contributed by atoms with Crippen LogP contribution in [-0.4, -0.2) is 15.0 Å². The molecule has 49 heavy (non-hydrogen) atoms. The van der Waals surface area contributed by atoms with Gasteiger partial charge in [0.2, 0.25) is 0 Å². The molecule has 0 unspecified atom stereocenters. The first-order chi connectivity index (χ1) is 24.2. The lowest BCUT2D eigenvalue weighted by atomic mass is 9.99. The van der Waals surface area contributed by atoms with Gasteiger partial charge in [-0.25, -0.2) is 15.0 Å². The topological polar surface area (TPSA) is 38.7 Å². The van der Waals surface area contributed by atoms with Crippen LogP contribution in [-0.2, 0) is 0 Å². The molecule has 9 rings (SSSR count). The number of hydrogen-bond acceptors (Lipinski definition) is 4. The number of nitrogens with zero attached hydrogens (tertiary/aromatic N) is 3. The third-order valence-electron chi connectivity index (χ3n) is 8.99. The van der Waals surface area contributed by atoms with Crippen LogP contribution >= 0.6 is 11.3 Å². The van der Waals surface area contributed by atoms with Crippen LogP contribution in [0.2, 0.25) is 0 Å². The lowest BCUT2D eigenvalue weighted by Crippen LogP contribution is -2.00. The van der Waals surface area contributed by atoms with Crippen molar-refractivity contribution in [3.8, 4) is 67.5 Å². The maximum atomic E-state index is 4.99. The van der Waals surface area contributed by atoms with E-state index in [-0.39, 0.29) is 0 Å². The van der Waals surface area contributed by atoms with Gasteiger partial charge in [0, 0.05) is 36.9 Å². The number of benzene rings is 7. The van der Waals surface area contributed by atoms with Gasteiger partial charge >= 0.3 is 0 Å². The Labute approximate surface area is 288 Å². The van der Waals surface area contributed by atoms with Crippen molar-refractivity contribution in [1.82, 2.24) is 15.0 Å². The van der Waals surface area contributed by atoms with Crippen molar-refractivity contribution in [2.45, 2.75) is 0 Å². The van der Waals surface area contributed by atoms with Crippen LogP contribution in [0.1, 0.15) is 0 Å². The fourth-order valence-electron chi connectivity index (χ4n) is 6.37. The number of fused-ring (bicyclic) bond motifs is 3. The Bertz CT molecular complexity index is 2560. The highest BCUT2D eigenvalue weighted by Crippen LogP contribution is 2.37. The number of rotatable bonds is 6. The summed E-state index contributed by atoms with van der Waals surface area (Å²) in [6.45, 7) is 0. The maximum absolute atomic E-state index is 4.99. The molecule has 0 radical (unpaired) electrons. The van der Waals surface area contributed by atoms with E-state index in [2.05, 4.69) is 140 Å². The van der Waals surface area contributed by atoms with Crippen molar-refractivity contribution >= 4 is 31.5 Å². The number of thiophene rings is 1. The van der Waals surface area contributed by atoms with Gasteiger partial charge in [0.15, 0.2) is 17.5 Å². The molecular formula is C45H29N3S. The van der Waals surface area contributed by atoms with Crippen LogP contribution in [0.5, 0.6) is 0 Å². The molecule has 230 valence electrons. The summed E-state index contributed by atoms with van der Waals surface area (Å²) in [4.78, 5) is 14.9. The standard InChI is InChI=1S/C45H29N3S/c1-3-9-30(10-4-1)31-15-17-32(18-16-31)33-19-23-36(24-20-33)44-46-43(35-11-5-2-6-12-35)47-45(48-44)37-25-21-34(22-26-37)38-27-28-40-39-13-7-8-14-41(39)49-42(40)29-38/h1-29H. The van der Waals surface area contributed by atoms with E-state index in [0.29, 0.717) is 17.5 Å². The minimum absolute atomic E-state index is 0.647. The van der Waals surface area contributed by atoms with Gasteiger partial charge in [-0.3, -0.25) is 0 Å². The van der Waals surface area contributed by atoms with E-state index in [1.807, 2.05) is 47.7 Å². The maximum Gasteiger partial charge on any atom is 0.164 e. The fraction of sp³-hybridized carbons (Fsp3) is 0. The predicted octanol–water partition coefficient (Wildman–Crippen LogP) is 12.2. The van der Waals surface area contributed by atoms with E-state index in [0.717, 1.165) is 27.8 Å². The summed E-state index contributed by atoms with van der Waals surface area (Å²) in [5, 5.41) is 2.62. The predicted molar refractivity (Wildman–Crippen MR) is 205 cm³/mol. The summed E-state index contributed by atoms with van der Waals surface area (Å²) in [6, 6.07) is 61.7. The monoisotopic (exact) mass is 643 g/mol. The average Bonchev–Trinajstić information content (AvgIpc) is 3.57. The summed E-state index contributed by atoms with van der Waals surface area (Å²) in [5.41, 5.74) is 9.93. The molecule has 0 fully saturated rings. The summed E-state index contributed by atoms with van der Waals surface area (Å²) < 4.78 is 2.62. The second-order valence-electron chi connectivity index (χ2n) is 12.1. The summed E-state index contributed by atoms with van der Waals surface area (Å²) >= 11 is 1.84. The van der Waals surface area contributed by atoms with Gasteiger partial charge in [0.25, 0.3) is 0 Å². The average molecular weight is 644 g/mol. The van der Waals surface area contributed by atoms with Crippen molar-refractivity contribution in [3.05, 3.63) is 176 Å². The van der Waals surface area contributed by atoms with Crippen molar-refractivity contribution in [3.63, 3.8) is 0 Å². The molecule has 0 amide bonds. The smallest absolute Gasteiger partial charge is 0.164 e. The zero-order chi connectivity index (χ0) is 32.6. The van der Waals surface area contributed by atoms with Crippen molar-refractivity contribution < 1.29 is 0 Å². The minimum Gasteiger partial charge on any atom is -0.208 e. The molecule has 4 heteroatoms. The van der Waals surface area contributed by atoms with E-state index >= 15 is 0 Å². The van der Waals surface area contributed by atoms with Crippen molar-refractivity contribution in [1.29, 1.82) is 0 Å². The highest BCUT2D eigenvalue weighted by molar-refractivity contribution is 7.25. The van der Waals surface area contributed by atoms with Gasteiger partial charge in [-0.15, -0.1) is 11.3 Å². The molecule has 2 aromatic heterocycles. The first-order valence-corrected chi connectivity index (χ1v) is 17.2. The van der Waals surface area contributed by atoms with Crippen molar-refractivity contribution in [2.24, 2.45) is 0 Å². The summed E-state index contributed by atoms with van der Waals surface area (Å²) in [7, 11) is 0. The van der Waals surface area contributed by atoms with E-state index in [4.69, 9.17) is 15.0 Å². The molecule has 0 spiro atoms. The largest absolute Gasteiger partial charge is 0.208 e. The molecular weight excluding hydrogens is 615 g/mol. The Balaban J connectivity index is 1.04. The van der Waals surface area contributed by atoms with E-state index in [1.54, 1.807) is 0 Å². The molecule has 0 saturated heterocycles. The molecule has 7 aromatic carbocycles. The van der Waals surface area contributed by atoms with Crippen LogP contribution in [0.15, 0.2) is 176 Å². The molecule has 3 nitrogen and oxygen atoms in total. The molecule has 0 aliphatic heterocycles. The third-order valence-corrected chi connectivity index (χ3v) is 10.1. The Hall–Kier alpha value is -6.23. The highest BCUT2D eigenvalue weighted by Gasteiger charge is 2.13. The Morgan fingerprint density at radius 2 is 0.612 bits per heavy atom. The van der Waals surface area contributed by atoms with Crippen molar-refractivity contribution in [2.75, 3.05) is 0 Å². The second-order valence-corrected chi connectivity index (χ2v) is 13.2. The van der Waals surface area contributed by atoms with Gasteiger partial charge in [-0.05, 0) is 45.5 Å². The quantitative estimate of drug-likeness (QED) is 0.181. The zero-order valence-corrected chi connectivity index (χ0v) is 27.3. The number of aromatic nitrogens is 3. The van der Waals surface area contributed by atoms with Gasteiger partial charge < -0.3 is 0 Å². The molecule has 9 aromatic rings. The van der Waals surface area contributed by atoms with Crippen LogP contribution < -0.4 is 0 Å². The number of hydrogen-bond donors (Lipinski definition) is 0. The van der Waals surface area contributed by atoms with E-state index in [9.17, 15) is 0 Å². The molecule has 0 N–H and O–H groups in total. The Morgan fingerprint density at radius 1 is 0.265 bits per heavy atom. The molecule has 0 aliphatic carbocycles. The van der Waals surface area contributed by atoms with Gasteiger partial charge in [-0.2, -0.15) is 0 Å². The third kappa shape index (κ3) is 5.69. The van der Waals surface area contributed by atoms with E-state index in [1.165, 1.54) is 42.4 Å². The van der Waals surface area contributed by atoms with Crippen LogP contribution in [0, 0.1) is 0 Å². The fourth-order valence-corrected chi connectivity index (χ4v) is 7.51. The second kappa shape index (κ2) is 12.4. The lowest BCUT2D eigenvalue weighted by molar-refractivity contribution is 1.07. The van der Waals surface area contributed by atoms with Crippen LogP contribution in [0.3, 0.4) is 0 Å². The lowest BCUT2D eigenvalue weighted by Gasteiger charge is -2.10. The van der Waals surface area contributed by atoms with Crippen LogP contribution in [0.25, 0.3) is 87.7 Å². The highest BCUT2D eigenvalue weighted by atomic mass is 32.1. The Morgan fingerprint density at radius 3 is 1.14 bits per heavy atom. The zero-order valence-electron chi connectivity index (χ0n) is 26.5. The minimum atomic E-state index is 0.647. The first kappa shape index (κ1) is 29.0. The van der Waals surface area contributed by atoms with Crippen LogP contribution in [0.4, 0.5) is 0 Å². The summed E-state index contributed by atoms with van der Waals surface area (Å²) in [5.74, 6) is 1.95. The molecule has 0 bridgehead atoms. The molecule has 0 saturated carbocycles. The first-order valence-electron chi connectivity index (χ1n) is 16.4. The SMILES string of the molecule is c1ccc(-c2ccc(-c3ccc(-c4nc(-c5ccccc5)nc(-c5ccc(-c6ccc7c(c6)sc6ccccc67)cc5)n4)cc3)cc2)cc1. The Kier molecular flexibility index (Phi) is 7.34. The molecule has 0 atom stereocenters. The van der Waals surface area contributed by atoms with E-state index < -0.39 is 0 Å². The molecule has 0 aliphatic rings. The molecule has 2 heterocycles. The van der Waals surface area contributed by atoms with Gasteiger partial charge in [-0.1, -0.05) is 164 Å². The van der Waals surface area contributed by atoms with Gasteiger partial charge in [0.1, 0.15) is 0 Å². The van der Waals surface area contributed by atoms with Gasteiger partial charge in [0.05, 0.1) is 0 Å². The summed E-state index contributed by atoms with van der Waals surface area (Å²) in [6.07, 6.45) is 0.